The number of aliphatic hydroxyl groups is 1. The Bertz CT molecular complexity index is 378. The lowest BCUT2D eigenvalue weighted by Crippen LogP contribution is -2.42. The third-order valence-electron chi connectivity index (χ3n) is 3.18. The maximum absolute atomic E-state index is 9.24. The molecule has 1 atom stereocenters. The van der Waals surface area contributed by atoms with E-state index in [-0.39, 0.29) is 6.61 Å². The molecule has 3 heteroatoms. The summed E-state index contributed by atoms with van der Waals surface area (Å²) < 4.78 is 2.34. The van der Waals surface area contributed by atoms with Gasteiger partial charge in [-0.25, -0.2) is 0 Å². The Balaban J connectivity index is 2.96. The fourth-order valence-electron chi connectivity index (χ4n) is 2.19. The molecule has 0 spiro atoms. The predicted molar refractivity (Wildman–Crippen MR) is 72.1 cm³/mol. The lowest BCUT2D eigenvalue weighted by Gasteiger charge is -2.21. The molecule has 0 aliphatic carbocycles. The summed E-state index contributed by atoms with van der Waals surface area (Å²) in [5.74, 6) is 0.634. The van der Waals surface area contributed by atoms with Gasteiger partial charge in [0.2, 0.25) is 0 Å². The molecule has 0 fully saturated rings. The van der Waals surface area contributed by atoms with E-state index >= 15 is 0 Å². The SMILES string of the molecule is Cc1cc(CC(C)(N)CO)c(C)n1CC(C)C. The van der Waals surface area contributed by atoms with Gasteiger partial charge in [-0.3, -0.25) is 0 Å². The summed E-state index contributed by atoms with van der Waals surface area (Å²) in [6.45, 7) is 11.7. The van der Waals surface area contributed by atoms with Gasteiger partial charge in [0, 0.05) is 23.5 Å². The first kappa shape index (κ1) is 14.3. The third-order valence-corrected chi connectivity index (χ3v) is 3.18. The number of aromatic nitrogens is 1. The minimum absolute atomic E-state index is 0.0147. The first-order chi connectivity index (χ1) is 7.76. The summed E-state index contributed by atoms with van der Waals surface area (Å²) in [4.78, 5) is 0. The van der Waals surface area contributed by atoms with Crippen LogP contribution in [0.5, 0.6) is 0 Å². The van der Waals surface area contributed by atoms with E-state index in [1.807, 2.05) is 6.92 Å². The number of aliphatic hydroxyl groups excluding tert-OH is 1. The van der Waals surface area contributed by atoms with Crippen molar-refractivity contribution in [2.45, 2.75) is 53.1 Å². The number of hydrogen-bond acceptors (Lipinski definition) is 2. The van der Waals surface area contributed by atoms with E-state index in [0.29, 0.717) is 5.92 Å². The molecule has 0 saturated heterocycles. The summed E-state index contributed by atoms with van der Waals surface area (Å²) >= 11 is 0. The van der Waals surface area contributed by atoms with Crippen molar-refractivity contribution in [3.05, 3.63) is 23.0 Å². The molecule has 0 aliphatic rings. The van der Waals surface area contributed by atoms with E-state index in [0.717, 1.165) is 13.0 Å². The summed E-state index contributed by atoms with van der Waals surface area (Å²) in [6, 6.07) is 2.19. The van der Waals surface area contributed by atoms with Crippen molar-refractivity contribution in [1.82, 2.24) is 4.57 Å². The molecular weight excluding hydrogens is 212 g/mol. The van der Waals surface area contributed by atoms with Gasteiger partial charge >= 0.3 is 0 Å². The molecule has 1 rings (SSSR count). The van der Waals surface area contributed by atoms with Crippen molar-refractivity contribution in [1.29, 1.82) is 0 Å². The third kappa shape index (κ3) is 3.58. The van der Waals surface area contributed by atoms with Crippen LogP contribution in [0.15, 0.2) is 6.07 Å². The highest BCUT2D eigenvalue weighted by Gasteiger charge is 2.21. The van der Waals surface area contributed by atoms with Crippen LogP contribution in [0.4, 0.5) is 0 Å². The van der Waals surface area contributed by atoms with Crippen LogP contribution in [0.3, 0.4) is 0 Å². The molecule has 1 aromatic rings. The number of nitrogens with zero attached hydrogens (tertiary/aromatic N) is 1. The Morgan fingerprint density at radius 1 is 1.41 bits per heavy atom. The minimum Gasteiger partial charge on any atom is -0.394 e. The Hall–Kier alpha value is -0.800. The molecule has 0 saturated carbocycles. The largest absolute Gasteiger partial charge is 0.394 e. The average molecular weight is 238 g/mol. The monoisotopic (exact) mass is 238 g/mol. The number of nitrogens with two attached hydrogens (primary N) is 1. The molecule has 17 heavy (non-hydrogen) atoms. The van der Waals surface area contributed by atoms with Crippen molar-refractivity contribution in [3.63, 3.8) is 0 Å². The summed E-state index contributed by atoms with van der Waals surface area (Å²) in [5.41, 5.74) is 9.30. The van der Waals surface area contributed by atoms with Crippen molar-refractivity contribution in [2.24, 2.45) is 11.7 Å². The Morgan fingerprint density at radius 2 is 2.00 bits per heavy atom. The average Bonchev–Trinajstić information content (AvgIpc) is 2.45. The van der Waals surface area contributed by atoms with Crippen LogP contribution in [-0.4, -0.2) is 21.8 Å². The molecule has 3 nitrogen and oxygen atoms in total. The van der Waals surface area contributed by atoms with Gasteiger partial charge in [-0.05, 0) is 44.7 Å². The Labute approximate surface area is 105 Å². The molecule has 3 N–H and O–H groups in total. The molecule has 98 valence electrons. The van der Waals surface area contributed by atoms with Crippen LogP contribution in [0, 0.1) is 19.8 Å². The van der Waals surface area contributed by atoms with Gasteiger partial charge in [-0.15, -0.1) is 0 Å². The zero-order chi connectivity index (χ0) is 13.2. The lowest BCUT2D eigenvalue weighted by atomic mass is 9.95. The van der Waals surface area contributed by atoms with Gasteiger partial charge in [0.25, 0.3) is 0 Å². The van der Waals surface area contributed by atoms with E-state index in [1.54, 1.807) is 0 Å². The quantitative estimate of drug-likeness (QED) is 0.824. The highest BCUT2D eigenvalue weighted by molar-refractivity contribution is 5.28. The fraction of sp³-hybridized carbons (Fsp3) is 0.714. The van der Waals surface area contributed by atoms with Crippen molar-refractivity contribution in [2.75, 3.05) is 6.61 Å². The first-order valence-corrected chi connectivity index (χ1v) is 6.32. The van der Waals surface area contributed by atoms with E-state index in [2.05, 4.69) is 38.3 Å². The topological polar surface area (TPSA) is 51.2 Å². The molecule has 1 aromatic heterocycles. The first-order valence-electron chi connectivity index (χ1n) is 6.32. The van der Waals surface area contributed by atoms with Gasteiger partial charge in [0.05, 0.1) is 6.61 Å². The van der Waals surface area contributed by atoms with Crippen LogP contribution < -0.4 is 5.73 Å². The Morgan fingerprint density at radius 3 is 2.47 bits per heavy atom. The number of aryl methyl sites for hydroxylation is 1. The lowest BCUT2D eigenvalue weighted by molar-refractivity contribution is 0.208. The Kier molecular flexibility index (Phi) is 4.39. The second kappa shape index (κ2) is 5.23. The number of rotatable bonds is 5. The highest BCUT2D eigenvalue weighted by atomic mass is 16.3. The van der Waals surface area contributed by atoms with E-state index in [9.17, 15) is 5.11 Å². The summed E-state index contributed by atoms with van der Waals surface area (Å²) in [6.07, 6.45) is 0.723. The molecule has 0 radical (unpaired) electrons. The molecule has 1 heterocycles. The number of hydrogen-bond donors (Lipinski definition) is 2. The second-order valence-electron chi connectivity index (χ2n) is 5.89. The second-order valence-corrected chi connectivity index (χ2v) is 5.89. The standard InChI is InChI=1S/C14H26N2O/c1-10(2)8-16-11(3)6-13(12(16)4)7-14(5,15)9-17/h6,10,17H,7-9,15H2,1-5H3. The molecular formula is C14H26N2O. The maximum Gasteiger partial charge on any atom is 0.0611 e. The van der Waals surface area contributed by atoms with Gasteiger partial charge in [0.1, 0.15) is 0 Å². The van der Waals surface area contributed by atoms with E-state index in [1.165, 1.54) is 17.0 Å². The van der Waals surface area contributed by atoms with Crippen molar-refractivity contribution >= 4 is 0 Å². The smallest absolute Gasteiger partial charge is 0.0611 e. The normalized spacial score (nSPS) is 15.3. The molecule has 0 aliphatic heterocycles. The maximum atomic E-state index is 9.24. The fourth-order valence-corrected chi connectivity index (χ4v) is 2.19. The van der Waals surface area contributed by atoms with E-state index in [4.69, 9.17) is 5.73 Å². The van der Waals surface area contributed by atoms with Crippen molar-refractivity contribution in [3.8, 4) is 0 Å². The van der Waals surface area contributed by atoms with Crippen molar-refractivity contribution < 1.29 is 5.11 Å². The zero-order valence-corrected chi connectivity index (χ0v) is 11.7. The molecule has 0 amide bonds. The molecule has 1 unspecified atom stereocenters. The van der Waals surface area contributed by atoms with Crippen LogP contribution in [0.25, 0.3) is 0 Å². The van der Waals surface area contributed by atoms with Crippen LogP contribution >= 0.6 is 0 Å². The highest BCUT2D eigenvalue weighted by Crippen LogP contribution is 2.20. The van der Waals surface area contributed by atoms with Gasteiger partial charge in [0.15, 0.2) is 0 Å². The summed E-state index contributed by atoms with van der Waals surface area (Å²) in [5, 5.41) is 9.24. The summed E-state index contributed by atoms with van der Waals surface area (Å²) in [7, 11) is 0. The minimum atomic E-state index is -0.527. The van der Waals surface area contributed by atoms with Gasteiger partial charge in [-0.1, -0.05) is 13.8 Å². The van der Waals surface area contributed by atoms with Gasteiger partial charge < -0.3 is 15.4 Å². The predicted octanol–water partition coefficient (Wildman–Crippen LogP) is 2.01. The van der Waals surface area contributed by atoms with Crippen LogP contribution in [0.1, 0.15) is 37.7 Å². The molecule has 0 aromatic carbocycles. The van der Waals surface area contributed by atoms with Crippen LogP contribution in [-0.2, 0) is 13.0 Å². The van der Waals surface area contributed by atoms with E-state index < -0.39 is 5.54 Å². The van der Waals surface area contributed by atoms with Crippen LogP contribution in [0.2, 0.25) is 0 Å². The molecule has 0 bridgehead atoms. The zero-order valence-electron chi connectivity index (χ0n) is 11.7. The van der Waals surface area contributed by atoms with Gasteiger partial charge in [-0.2, -0.15) is 0 Å².